The van der Waals surface area contributed by atoms with Gasteiger partial charge in [-0.1, -0.05) is 0 Å². The summed E-state index contributed by atoms with van der Waals surface area (Å²) < 4.78 is 28.7. The molecule has 0 aliphatic rings. The second-order valence-electron chi connectivity index (χ2n) is 4.33. The first-order valence-electron chi connectivity index (χ1n) is 5.84. The van der Waals surface area contributed by atoms with Gasteiger partial charge in [0.15, 0.2) is 0 Å². The van der Waals surface area contributed by atoms with Crippen molar-refractivity contribution in [3.05, 3.63) is 34.0 Å². The maximum absolute atomic E-state index is 12.1. The van der Waals surface area contributed by atoms with Crippen LogP contribution in [0.25, 0.3) is 0 Å². The van der Waals surface area contributed by atoms with E-state index in [9.17, 15) is 8.42 Å². The quantitative estimate of drug-likeness (QED) is 0.925. The highest BCUT2D eigenvalue weighted by Crippen LogP contribution is 2.21. The number of sulfonamides is 1. The van der Waals surface area contributed by atoms with E-state index in [1.165, 1.54) is 12.1 Å². The molecule has 8 heteroatoms. The molecule has 106 valence electrons. The van der Waals surface area contributed by atoms with Crippen molar-refractivity contribution < 1.29 is 8.42 Å². The summed E-state index contributed by atoms with van der Waals surface area (Å²) in [4.78, 5) is 0.374. The van der Waals surface area contributed by atoms with Crippen molar-refractivity contribution in [2.75, 3.05) is 0 Å². The molecule has 0 fully saturated rings. The van der Waals surface area contributed by atoms with E-state index in [4.69, 9.17) is 5.26 Å². The van der Waals surface area contributed by atoms with E-state index in [-0.39, 0.29) is 10.8 Å². The summed E-state index contributed by atoms with van der Waals surface area (Å²) in [5, 5.41) is 13.0. The molecule has 0 unspecified atom stereocenters. The van der Waals surface area contributed by atoms with Gasteiger partial charge < -0.3 is 0 Å². The normalized spacial score (nSPS) is 11.5. The summed E-state index contributed by atoms with van der Waals surface area (Å²) in [6.45, 7) is 3.92. The monoisotopic (exact) mass is 310 g/mol. The van der Waals surface area contributed by atoms with Gasteiger partial charge in [-0.25, -0.2) is 13.1 Å². The van der Waals surface area contributed by atoms with Crippen LogP contribution in [-0.4, -0.2) is 18.2 Å². The van der Waals surface area contributed by atoms with E-state index in [0.717, 1.165) is 28.3 Å². The lowest BCUT2D eigenvalue weighted by atomic mass is 10.2. The Bertz CT molecular complexity index is 781. The summed E-state index contributed by atoms with van der Waals surface area (Å²) in [5.74, 6) is 0. The number of aryl methyl sites for hydroxylation is 2. The predicted octanol–water partition coefficient (Wildman–Crippen LogP) is 1.45. The molecule has 0 saturated carbocycles. The molecule has 20 heavy (non-hydrogen) atoms. The second kappa shape index (κ2) is 5.36. The van der Waals surface area contributed by atoms with Crippen LogP contribution in [0.5, 0.6) is 0 Å². The SMILES string of the molecule is Cc1nn(C)c(C)c1CNS(=O)(=O)c1ccc(C#N)s1. The Morgan fingerprint density at radius 1 is 1.45 bits per heavy atom. The summed E-state index contributed by atoms with van der Waals surface area (Å²) in [6.07, 6.45) is 0. The highest BCUT2D eigenvalue weighted by Gasteiger charge is 2.18. The fourth-order valence-electron chi connectivity index (χ4n) is 1.84. The summed E-state index contributed by atoms with van der Waals surface area (Å²) in [6, 6.07) is 4.87. The van der Waals surface area contributed by atoms with Gasteiger partial charge in [0.05, 0.1) is 5.69 Å². The Hall–Kier alpha value is -1.69. The van der Waals surface area contributed by atoms with E-state index in [2.05, 4.69) is 9.82 Å². The zero-order valence-electron chi connectivity index (χ0n) is 11.3. The van der Waals surface area contributed by atoms with E-state index in [0.29, 0.717) is 4.88 Å². The number of nitrogens with zero attached hydrogens (tertiary/aromatic N) is 3. The van der Waals surface area contributed by atoms with Crippen LogP contribution in [0.4, 0.5) is 0 Å². The molecule has 2 aromatic heterocycles. The maximum atomic E-state index is 12.1. The van der Waals surface area contributed by atoms with Crippen LogP contribution in [0.1, 0.15) is 21.8 Å². The standard InChI is InChI=1S/C12H14N4O2S2/c1-8-11(9(2)16(3)15-8)7-14-20(17,18)12-5-4-10(6-13)19-12/h4-5,14H,7H2,1-3H3. The van der Waals surface area contributed by atoms with Crippen molar-refractivity contribution in [1.82, 2.24) is 14.5 Å². The van der Waals surface area contributed by atoms with Gasteiger partial charge >= 0.3 is 0 Å². The fourth-order valence-corrected chi connectivity index (χ4v) is 3.98. The van der Waals surface area contributed by atoms with Crippen LogP contribution >= 0.6 is 11.3 Å². The average Bonchev–Trinajstić information content (AvgIpc) is 2.95. The van der Waals surface area contributed by atoms with Crippen LogP contribution < -0.4 is 4.72 Å². The second-order valence-corrected chi connectivity index (χ2v) is 7.41. The van der Waals surface area contributed by atoms with Gasteiger partial charge in [-0.05, 0) is 26.0 Å². The molecule has 0 bridgehead atoms. The molecule has 0 aromatic carbocycles. The van der Waals surface area contributed by atoms with Crippen LogP contribution in [0.2, 0.25) is 0 Å². The topological polar surface area (TPSA) is 87.8 Å². The Morgan fingerprint density at radius 3 is 2.65 bits per heavy atom. The van der Waals surface area contributed by atoms with Gasteiger partial charge in [0, 0.05) is 24.8 Å². The van der Waals surface area contributed by atoms with Crippen LogP contribution in [0.15, 0.2) is 16.3 Å². The summed E-state index contributed by atoms with van der Waals surface area (Å²) >= 11 is 0.956. The molecule has 1 N–H and O–H groups in total. The first-order chi connectivity index (χ1) is 9.35. The summed E-state index contributed by atoms with van der Waals surface area (Å²) in [5.41, 5.74) is 2.60. The first kappa shape index (κ1) is 14.7. The van der Waals surface area contributed by atoms with Gasteiger partial charge in [0.2, 0.25) is 10.0 Å². The minimum absolute atomic E-state index is 0.147. The number of thiophene rings is 1. The van der Waals surface area contributed by atoms with Crippen molar-refractivity contribution in [2.45, 2.75) is 24.6 Å². The Balaban J connectivity index is 2.19. The van der Waals surface area contributed by atoms with Crippen LogP contribution in [0.3, 0.4) is 0 Å². The number of hydrogen-bond acceptors (Lipinski definition) is 5. The lowest BCUT2D eigenvalue weighted by molar-refractivity contribution is 0.583. The largest absolute Gasteiger partial charge is 0.272 e. The maximum Gasteiger partial charge on any atom is 0.250 e. The minimum Gasteiger partial charge on any atom is -0.272 e. The zero-order valence-corrected chi connectivity index (χ0v) is 13.0. The highest BCUT2D eigenvalue weighted by molar-refractivity contribution is 7.91. The van der Waals surface area contributed by atoms with Gasteiger partial charge in [-0.2, -0.15) is 10.4 Å². The molecule has 0 spiro atoms. The third-order valence-electron chi connectivity index (χ3n) is 3.05. The molecule has 2 aromatic rings. The van der Waals surface area contributed by atoms with Gasteiger partial charge in [-0.3, -0.25) is 4.68 Å². The highest BCUT2D eigenvalue weighted by atomic mass is 32.2. The average molecular weight is 310 g/mol. The molecular formula is C12H14N4O2S2. The Morgan fingerprint density at radius 2 is 2.15 bits per heavy atom. The molecule has 6 nitrogen and oxygen atoms in total. The van der Waals surface area contributed by atoms with E-state index in [1.54, 1.807) is 4.68 Å². The van der Waals surface area contributed by atoms with Crippen LogP contribution in [-0.2, 0) is 23.6 Å². The van der Waals surface area contributed by atoms with Gasteiger partial charge in [-0.15, -0.1) is 11.3 Å². The molecular weight excluding hydrogens is 296 g/mol. The van der Waals surface area contributed by atoms with Gasteiger partial charge in [0.1, 0.15) is 15.2 Å². The lowest BCUT2D eigenvalue weighted by Crippen LogP contribution is -2.23. The zero-order chi connectivity index (χ0) is 14.9. The number of rotatable bonds is 4. The Labute approximate surface area is 121 Å². The molecule has 0 radical (unpaired) electrons. The molecule has 0 atom stereocenters. The third-order valence-corrected chi connectivity index (χ3v) is 5.94. The van der Waals surface area contributed by atoms with Gasteiger partial charge in [0.25, 0.3) is 0 Å². The molecule has 0 amide bonds. The van der Waals surface area contributed by atoms with Crippen molar-refractivity contribution in [1.29, 1.82) is 5.26 Å². The lowest BCUT2D eigenvalue weighted by Gasteiger charge is -2.05. The fraction of sp³-hybridized carbons (Fsp3) is 0.333. The van der Waals surface area contributed by atoms with Crippen molar-refractivity contribution in [2.24, 2.45) is 7.05 Å². The Kier molecular flexibility index (Phi) is 3.94. The van der Waals surface area contributed by atoms with E-state index < -0.39 is 10.0 Å². The molecule has 0 aliphatic heterocycles. The molecule has 0 aliphatic carbocycles. The first-order valence-corrected chi connectivity index (χ1v) is 8.14. The minimum atomic E-state index is -3.59. The van der Waals surface area contributed by atoms with E-state index >= 15 is 0 Å². The molecule has 0 saturated heterocycles. The number of hydrogen-bond donors (Lipinski definition) is 1. The molecule has 2 heterocycles. The third kappa shape index (κ3) is 2.75. The molecule has 2 rings (SSSR count). The summed E-state index contributed by atoms with van der Waals surface area (Å²) in [7, 11) is -1.77. The predicted molar refractivity (Wildman–Crippen MR) is 75.7 cm³/mol. The van der Waals surface area contributed by atoms with Crippen molar-refractivity contribution in [3.63, 3.8) is 0 Å². The number of nitrogens with one attached hydrogen (secondary N) is 1. The number of aromatic nitrogens is 2. The van der Waals surface area contributed by atoms with Crippen molar-refractivity contribution in [3.8, 4) is 6.07 Å². The smallest absolute Gasteiger partial charge is 0.250 e. The van der Waals surface area contributed by atoms with Crippen LogP contribution in [0, 0.1) is 25.2 Å². The van der Waals surface area contributed by atoms with Crippen molar-refractivity contribution >= 4 is 21.4 Å². The number of nitriles is 1. The van der Waals surface area contributed by atoms with E-state index in [1.807, 2.05) is 27.0 Å².